The van der Waals surface area contributed by atoms with Crippen LogP contribution in [0, 0.1) is 0 Å². The number of aromatic hydroxyl groups is 1. The van der Waals surface area contributed by atoms with Gasteiger partial charge in [0.25, 0.3) is 0 Å². The van der Waals surface area contributed by atoms with E-state index in [-0.39, 0.29) is 35.6 Å². The molecule has 0 saturated carbocycles. The van der Waals surface area contributed by atoms with Crippen LogP contribution in [0.25, 0.3) is 10.4 Å². The Hall–Kier alpha value is -2.28. The number of hydrogen-bond donors (Lipinski definition) is 3. The van der Waals surface area contributed by atoms with Gasteiger partial charge in [0, 0.05) is 22.6 Å². The summed E-state index contributed by atoms with van der Waals surface area (Å²) in [4.78, 5) is 13.3. The highest BCUT2D eigenvalue weighted by atomic mass is 16.5. The van der Waals surface area contributed by atoms with Crippen molar-refractivity contribution >= 4 is 6.29 Å². The first-order valence-electron chi connectivity index (χ1n) is 5.78. The molecular weight excluding hydrogens is 266 g/mol. The lowest BCUT2D eigenvalue weighted by Crippen LogP contribution is -2.19. The van der Waals surface area contributed by atoms with Gasteiger partial charge in [-0.15, -0.1) is 0 Å². The van der Waals surface area contributed by atoms with E-state index in [1.54, 1.807) is 0 Å². The molecule has 108 valence electrons. The molecule has 0 heterocycles. The second kappa shape index (κ2) is 7.34. The molecule has 0 aliphatic rings. The van der Waals surface area contributed by atoms with E-state index in [1.807, 2.05) is 0 Å². The van der Waals surface area contributed by atoms with E-state index < -0.39 is 12.2 Å². The number of aliphatic hydroxyl groups is 2. The molecule has 20 heavy (non-hydrogen) atoms. The van der Waals surface area contributed by atoms with Crippen LogP contribution in [0.5, 0.6) is 11.5 Å². The molecule has 0 radical (unpaired) electrons. The fourth-order valence-corrected chi connectivity index (χ4v) is 1.70. The maximum atomic E-state index is 10.8. The number of nitrogens with zero attached hydrogens (tertiary/aromatic N) is 3. The Kier molecular flexibility index (Phi) is 5.79. The Labute approximate surface area is 114 Å². The quantitative estimate of drug-likeness (QED) is 0.299. The minimum Gasteiger partial charge on any atom is -0.504 e. The lowest BCUT2D eigenvalue weighted by atomic mass is 9.98. The summed E-state index contributed by atoms with van der Waals surface area (Å²) in [5.41, 5.74) is 8.30. The molecule has 0 aliphatic heterocycles. The van der Waals surface area contributed by atoms with E-state index in [2.05, 4.69) is 10.0 Å². The number of ether oxygens (including phenoxy) is 1. The molecular formula is C12H15N3O5. The van der Waals surface area contributed by atoms with Crippen LogP contribution in [0.4, 0.5) is 0 Å². The largest absolute Gasteiger partial charge is 0.504 e. The second-order valence-electron chi connectivity index (χ2n) is 4.03. The van der Waals surface area contributed by atoms with Crippen LogP contribution in [-0.2, 0) is 0 Å². The van der Waals surface area contributed by atoms with Gasteiger partial charge in [0.15, 0.2) is 11.5 Å². The number of carbonyl (C=O) groups is 1. The van der Waals surface area contributed by atoms with Gasteiger partial charge in [0.2, 0.25) is 0 Å². The average molecular weight is 281 g/mol. The van der Waals surface area contributed by atoms with E-state index in [0.29, 0.717) is 6.29 Å². The SMILES string of the molecule is COc1cc(C=O)cc(C(O)C(O)CCN=[N+]=[N-])c1O. The molecule has 1 aromatic carbocycles. The van der Waals surface area contributed by atoms with E-state index in [9.17, 15) is 20.1 Å². The lowest BCUT2D eigenvalue weighted by molar-refractivity contribution is 0.0135. The van der Waals surface area contributed by atoms with Gasteiger partial charge in [-0.2, -0.15) is 0 Å². The number of aldehydes is 1. The van der Waals surface area contributed by atoms with E-state index in [0.717, 1.165) is 0 Å². The van der Waals surface area contributed by atoms with E-state index in [4.69, 9.17) is 10.3 Å². The van der Waals surface area contributed by atoms with Gasteiger partial charge in [0.05, 0.1) is 13.2 Å². The zero-order chi connectivity index (χ0) is 15.1. The van der Waals surface area contributed by atoms with Crippen molar-refractivity contribution < 1.29 is 24.9 Å². The van der Waals surface area contributed by atoms with Crippen molar-refractivity contribution in [1.82, 2.24) is 0 Å². The Morgan fingerprint density at radius 3 is 2.75 bits per heavy atom. The number of azide groups is 1. The number of methoxy groups -OCH3 is 1. The van der Waals surface area contributed by atoms with Crippen molar-refractivity contribution in [3.63, 3.8) is 0 Å². The molecule has 0 saturated heterocycles. The Morgan fingerprint density at radius 1 is 1.50 bits per heavy atom. The first-order valence-corrected chi connectivity index (χ1v) is 5.78. The monoisotopic (exact) mass is 281 g/mol. The van der Waals surface area contributed by atoms with Crippen LogP contribution >= 0.6 is 0 Å². The molecule has 0 spiro atoms. The maximum Gasteiger partial charge on any atom is 0.163 e. The lowest BCUT2D eigenvalue weighted by Gasteiger charge is -2.20. The maximum absolute atomic E-state index is 10.8. The summed E-state index contributed by atoms with van der Waals surface area (Å²) in [6.07, 6.45) is -2.14. The minimum atomic E-state index is -1.43. The third-order valence-electron chi connectivity index (χ3n) is 2.75. The van der Waals surface area contributed by atoms with Gasteiger partial charge < -0.3 is 20.1 Å². The number of rotatable bonds is 7. The molecule has 8 heteroatoms. The summed E-state index contributed by atoms with van der Waals surface area (Å²) in [5.74, 6) is -0.334. The number of phenolic OH excluding ortho intramolecular Hbond substituents is 1. The molecule has 0 aliphatic carbocycles. The van der Waals surface area contributed by atoms with Gasteiger partial charge in [0.1, 0.15) is 12.4 Å². The third-order valence-corrected chi connectivity index (χ3v) is 2.75. The number of hydrogen-bond acceptors (Lipinski definition) is 6. The number of aliphatic hydroxyl groups excluding tert-OH is 2. The predicted octanol–water partition coefficient (Wildman–Crippen LogP) is 1.31. The smallest absolute Gasteiger partial charge is 0.163 e. The average Bonchev–Trinajstić information content (AvgIpc) is 2.46. The van der Waals surface area contributed by atoms with Crippen LogP contribution in [0.3, 0.4) is 0 Å². The summed E-state index contributed by atoms with van der Waals surface area (Å²) in [5, 5.41) is 32.9. The molecule has 0 amide bonds. The van der Waals surface area contributed by atoms with Gasteiger partial charge in [-0.1, -0.05) is 5.11 Å². The molecule has 0 bridgehead atoms. The van der Waals surface area contributed by atoms with Crippen LogP contribution in [0.2, 0.25) is 0 Å². The van der Waals surface area contributed by atoms with E-state index in [1.165, 1.54) is 19.2 Å². The standard InChI is InChI=1S/C12H15N3O5/c1-20-10-5-7(6-16)4-8(12(10)19)11(18)9(17)2-3-14-15-13/h4-6,9,11,17-19H,2-3H2,1H3. The summed E-state index contributed by atoms with van der Waals surface area (Å²) in [6, 6.07) is 2.57. The third kappa shape index (κ3) is 3.61. The van der Waals surface area contributed by atoms with Gasteiger partial charge in [-0.05, 0) is 24.1 Å². The number of benzene rings is 1. The van der Waals surface area contributed by atoms with Crippen LogP contribution in [0.15, 0.2) is 17.2 Å². The fourth-order valence-electron chi connectivity index (χ4n) is 1.70. The van der Waals surface area contributed by atoms with Crippen molar-refractivity contribution in [2.45, 2.75) is 18.6 Å². The first-order chi connectivity index (χ1) is 9.54. The number of phenols is 1. The highest BCUT2D eigenvalue weighted by Gasteiger charge is 2.23. The second-order valence-corrected chi connectivity index (χ2v) is 4.03. The zero-order valence-electron chi connectivity index (χ0n) is 10.8. The summed E-state index contributed by atoms with van der Waals surface area (Å²) in [7, 11) is 1.30. The van der Waals surface area contributed by atoms with Crippen molar-refractivity contribution in [3.8, 4) is 11.5 Å². The number of carbonyl (C=O) groups excluding carboxylic acids is 1. The molecule has 0 fully saturated rings. The molecule has 8 nitrogen and oxygen atoms in total. The van der Waals surface area contributed by atoms with Gasteiger partial charge in [-0.3, -0.25) is 4.79 Å². The molecule has 2 atom stereocenters. The fraction of sp³-hybridized carbons (Fsp3) is 0.417. The normalized spacial score (nSPS) is 13.2. The molecule has 1 rings (SSSR count). The van der Waals surface area contributed by atoms with Crippen molar-refractivity contribution in [1.29, 1.82) is 0 Å². The summed E-state index contributed by atoms with van der Waals surface area (Å²) >= 11 is 0. The Morgan fingerprint density at radius 2 is 2.20 bits per heavy atom. The van der Waals surface area contributed by atoms with E-state index >= 15 is 0 Å². The first kappa shape index (κ1) is 15.8. The molecule has 0 aromatic heterocycles. The summed E-state index contributed by atoms with van der Waals surface area (Å²) < 4.78 is 4.89. The van der Waals surface area contributed by atoms with Crippen LogP contribution in [0.1, 0.15) is 28.4 Å². The van der Waals surface area contributed by atoms with Gasteiger partial charge >= 0.3 is 0 Å². The topological polar surface area (TPSA) is 136 Å². The van der Waals surface area contributed by atoms with Crippen LogP contribution < -0.4 is 4.74 Å². The highest BCUT2D eigenvalue weighted by Crippen LogP contribution is 2.36. The van der Waals surface area contributed by atoms with Crippen molar-refractivity contribution in [2.24, 2.45) is 5.11 Å². The highest BCUT2D eigenvalue weighted by molar-refractivity contribution is 5.77. The predicted molar refractivity (Wildman–Crippen MR) is 69.6 cm³/mol. The Balaban J connectivity index is 3.04. The Bertz CT molecular complexity index is 528. The molecule has 1 aromatic rings. The minimum absolute atomic E-state index is 0.00000520. The summed E-state index contributed by atoms with van der Waals surface area (Å²) in [6.45, 7) is -0.00000520. The molecule has 2 unspecified atom stereocenters. The van der Waals surface area contributed by atoms with Crippen molar-refractivity contribution in [3.05, 3.63) is 33.7 Å². The molecule has 3 N–H and O–H groups in total. The zero-order valence-corrected chi connectivity index (χ0v) is 10.8. The van der Waals surface area contributed by atoms with Gasteiger partial charge in [-0.25, -0.2) is 0 Å². The van der Waals surface area contributed by atoms with Crippen molar-refractivity contribution in [2.75, 3.05) is 13.7 Å². The van der Waals surface area contributed by atoms with Crippen LogP contribution in [-0.4, -0.2) is 41.4 Å².